The van der Waals surface area contributed by atoms with Crippen molar-refractivity contribution in [2.45, 2.75) is 13.0 Å². The van der Waals surface area contributed by atoms with Gasteiger partial charge in [-0.1, -0.05) is 30.3 Å². The number of anilines is 1. The molecule has 1 aromatic carbocycles. The fourth-order valence-corrected chi connectivity index (χ4v) is 3.80. The average Bonchev–Trinajstić information content (AvgIpc) is 3.44. The number of nitrogens with zero attached hydrogens (tertiary/aromatic N) is 2. The Hall–Kier alpha value is -4.04. The number of amides is 1. The fraction of sp³-hybridized carbons (Fsp3) is 0.130. The Morgan fingerprint density at radius 2 is 1.97 bits per heavy atom. The Kier molecular flexibility index (Phi) is 4.89. The first-order chi connectivity index (χ1) is 15.2. The van der Waals surface area contributed by atoms with Crippen LogP contribution >= 0.6 is 0 Å². The Labute approximate surface area is 177 Å². The molecule has 0 atom stereocenters. The Bertz CT molecular complexity index is 1250. The van der Waals surface area contributed by atoms with Crippen molar-refractivity contribution in [1.82, 2.24) is 20.2 Å². The first-order valence-corrected chi connectivity index (χ1v) is 9.85. The number of ether oxygens (including phenoxy) is 1. The molecule has 4 aromatic rings. The summed E-state index contributed by atoms with van der Waals surface area (Å²) in [5.74, 6) is 0.0374. The highest BCUT2D eigenvalue weighted by molar-refractivity contribution is 6.03. The lowest BCUT2D eigenvalue weighted by molar-refractivity contribution is 0.0658. The van der Waals surface area contributed by atoms with Gasteiger partial charge in [-0.3, -0.25) is 14.7 Å². The normalized spacial score (nSPS) is 13.1. The third-order valence-electron chi connectivity index (χ3n) is 5.20. The highest BCUT2D eigenvalue weighted by Crippen LogP contribution is 2.33. The van der Waals surface area contributed by atoms with Crippen molar-refractivity contribution in [3.8, 4) is 11.3 Å². The zero-order chi connectivity index (χ0) is 21.2. The molecule has 0 saturated heterocycles. The molecular formula is C23H19N5O3. The topological polar surface area (TPSA) is 113 Å². The van der Waals surface area contributed by atoms with Gasteiger partial charge in [-0.15, -0.1) is 0 Å². The lowest BCUT2D eigenvalue weighted by Crippen LogP contribution is -2.18. The van der Waals surface area contributed by atoms with Gasteiger partial charge in [0.25, 0.3) is 5.91 Å². The van der Waals surface area contributed by atoms with E-state index in [4.69, 9.17) is 4.74 Å². The van der Waals surface area contributed by atoms with E-state index in [1.165, 1.54) is 6.20 Å². The largest absolute Gasteiger partial charge is 0.367 e. The summed E-state index contributed by atoms with van der Waals surface area (Å²) < 4.78 is 5.42. The van der Waals surface area contributed by atoms with Crippen LogP contribution < -0.4 is 5.32 Å². The molecule has 8 heteroatoms. The van der Waals surface area contributed by atoms with E-state index in [0.29, 0.717) is 30.1 Å². The number of carbonyl (C=O) groups is 2. The van der Waals surface area contributed by atoms with E-state index in [-0.39, 0.29) is 18.3 Å². The van der Waals surface area contributed by atoms with E-state index in [2.05, 4.69) is 25.5 Å². The second kappa shape index (κ2) is 8.00. The molecule has 0 unspecified atom stereocenters. The lowest BCUT2D eigenvalue weighted by atomic mass is 9.95. The van der Waals surface area contributed by atoms with Gasteiger partial charge in [0.15, 0.2) is 5.78 Å². The maximum atomic E-state index is 12.7. The molecule has 0 spiro atoms. The smallest absolute Gasteiger partial charge is 0.274 e. The van der Waals surface area contributed by atoms with Crippen molar-refractivity contribution in [3.63, 3.8) is 0 Å². The summed E-state index contributed by atoms with van der Waals surface area (Å²) in [6.07, 6.45) is 3.74. The molecular weight excluding hydrogens is 394 g/mol. The second-order valence-electron chi connectivity index (χ2n) is 7.26. The molecule has 0 aliphatic carbocycles. The zero-order valence-corrected chi connectivity index (χ0v) is 16.5. The number of pyridine rings is 1. The number of fused-ring (bicyclic) bond motifs is 1. The van der Waals surface area contributed by atoms with Gasteiger partial charge in [0.1, 0.15) is 18.1 Å². The lowest BCUT2D eigenvalue weighted by Gasteiger charge is -2.13. The van der Waals surface area contributed by atoms with Gasteiger partial charge in [-0.05, 0) is 29.3 Å². The molecule has 0 fully saturated rings. The van der Waals surface area contributed by atoms with Crippen LogP contribution in [-0.2, 0) is 17.8 Å². The maximum absolute atomic E-state index is 12.7. The number of hydrogen-bond acceptors (Lipinski definition) is 5. The number of Topliss-reactive ketones (excluding diaryl/α,β-unsaturated/α-hetero) is 1. The second-order valence-corrected chi connectivity index (χ2v) is 7.26. The average molecular weight is 413 g/mol. The summed E-state index contributed by atoms with van der Waals surface area (Å²) >= 11 is 0. The number of aromatic nitrogens is 4. The predicted molar refractivity (Wildman–Crippen MR) is 114 cm³/mol. The Morgan fingerprint density at radius 3 is 2.77 bits per heavy atom. The number of nitrogens with one attached hydrogen (secondary N) is 3. The number of hydrogen-bond donors (Lipinski definition) is 3. The van der Waals surface area contributed by atoms with Crippen LogP contribution in [0, 0.1) is 0 Å². The van der Waals surface area contributed by atoms with Crippen LogP contribution in [0.15, 0.2) is 60.9 Å². The van der Waals surface area contributed by atoms with E-state index in [0.717, 1.165) is 28.1 Å². The van der Waals surface area contributed by atoms with Crippen molar-refractivity contribution in [1.29, 1.82) is 0 Å². The van der Waals surface area contributed by atoms with E-state index in [9.17, 15) is 9.59 Å². The van der Waals surface area contributed by atoms with Crippen LogP contribution in [0.25, 0.3) is 11.3 Å². The molecule has 1 amide bonds. The first kappa shape index (κ1) is 19.0. The van der Waals surface area contributed by atoms with Crippen LogP contribution in [0.3, 0.4) is 0 Å². The minimum absolute atomic E-state index is 0.0310. The van der Waals surface area contributed by atoms with E-state index in [1.54, 1.807) is 18.3 Å². The highest BCUT2D eigenvalue weighted by Gasteiger charge is 2.27. The molecule has 3 N–H and O–H groups in total. The summed E-state index contributed by atoms with van der Waals surface area (Å²) in [7, 11) is 0. The van der Waals surface area contributed by atoms with E-state index >= 15 is 0 Å². The molecule has 3 aromatic heterocycles. The van der Waals surface area contributed by atoms with E-state index < -0.39 is 0 Å². The number of carbonyl (C=O) groups excluding carboxylic acids is 2. The molecule has 1 aliphatic heterocycles. The molecule has 0 bridgehead atoms. The summed E-state index contributed by atoms with van der Waals surface area (Å²) in [4.78, 5) is 32.6. The van der Waals surface area contributed by atoms with Crippen molar-refractivity contribution >= 4 is 17.5 Å². The zero-order valence-electron chi connectivity index (χ0n) is 16.5. The van der Waals surface area contributed by atoms with Crippen LogP contribution in [0.1, 0.15) is 37.7 Å². The van der Waals surface area contributed by atoms with Crippen molar-refractivity contribution in [3.05, 3.63) is 89.0 Å². The molecule has 154 valence electrons. The molecule has 8 nitrogen and oxygen atoms in total. The first-order valence-electron chi connectivity index (χ1n) is 9.85. The van der Waals surface area contributed by atoms with Crippen LogP contribution in [0.4, 0.5) is 5.82 Å². The van der Waals surface area contributed by atoms with Crippen LogP contribution in [-0.4, -0.2) is 38.5 Å². The van der Waals surface area contributed by atoms with Gasteiger partial charge in [0.05, 0.1) is 18.0 Å². The Balaban J connectivity index is 1.54. The molecule has 1 aliphatic rings. The number of rotatable bonds is 5. The molecule has 0 saturated carbocycles. The predicted octanol–water partition coefficient (Wildman–Crippen LogP) is 3.36. The standard InChI is InChI=1S/C23H19N5O3/c29-19-13-31-12-18-21(19)16(10-14-4-2-1-3-5-14)22(26-18)15-6-8-24-20(11-15)27-23(30)17-7-9-25-28-17/h1-9,11,26H,10,12-13H2,(H,25,28)(H,24,27,30). The number of benzene rings is 1. The third-order valence-corrected chi connectivity index (χ3v) is 5.20. The van der Waals surface area contributed by atoms with Crippen molar-refractivity contribution < 1.29 is 14.3 Å². The Morgan fingerprint density at radius 1 is 1.10 bits per heavy atom. The van der Waals surface area contributed by atoms with Crippen LogP contribution in [0.5, 0.6) is 0 Å². The third kappa shape index (κ3) is 3.76. The van der Waals surface area contributed by atoms with Gasteiger partial charge < -0.3 is 15.0 Å². The van der Waals surface area contributed by atoms with Gasteiger partial charge in [-0.2, -0.15) is 5.10 Å². The van der Waals surface area contributed by atoms with Gasteiger partial charge in [0.2, 0.25) is 0 Å². The number of aromatic amines is 2. The van der Waals surface area contributed by atoms with Crippen molar-refractivity contribution in [2.75, 3.05) is 11.9 Å². The van der Waals surface area contributed by atoms with Crippen molar-refractivity contribution in [2.24, 2.45) is 0 Å². The summed E-state index contributed by atoms with van der Waals surface area (Å²) in [5, 5.41) is 9.19. The SMILES string of the molecule is O=C(Nc1cc(-c2[nH]c3c(c2Cc2ccccc2)C(=O)COC3)ccn1)c1ccn[nH]1. The maximum Gasteiger partial charge on any atom is 0.274 e. The fourth-order valence-electron chi connectivity index (χ4n) is 3.80. The summed E-state index contributed by atoms with van der Waals surface area (Å²) in [5.41, 5.74) is 5.49. The highest BCUT2D eigenvalue weighted by atomic mass is 16.5. The summed E-state index contributed by atoms with van der Waals surface area (Å²) in [6, 6.07) is 15.2. The minimum atomic E-state index is -0.332. The number of H-pyrrole nitrogens is 2. The van der Waals surface area contributed by atoms with E-state index in [1.807, 2.05) is 36.4 Å². The monoisotopic (exact) mass is 413 g/mol. The minimum Gasteiger partial charge on any atom is -0.367 e. The molecule has 31 heavy (non-hydrogen) atoms. The molecule has 5 rings (SSSR count). The van der Waals surface area contributed by atoms with Gasteiger partial charge in [0, 0.05) is 29.9 Å². The molecule has 0 radical (unpaired) electrons. The van der Waals surface area contributed by atoms with Gasteiger partial charge in [-0.25, -0.2) is 4.98 Å². The molecule has 4 heterocycles. The van der Waals surface area contributed by atoms with Crippen LogP contribution in [0.2, 0.25) is 0 Å². The summed E-state index contributed by atoms with van der Waals surface area (Å²) in [6.45, 7) is 0.436. The quantitative estimate of drug-likeness (QED) is 0.464. The van der Waals surface area contributed by atoms with Gasteiger partial charge >= 0.3 is 0 Å². The number of ketones is 1.